The van der Waals surface area contributed by atoms with E-state index in [1.807, 2.05) is 30.3 Å². The molecule has 1 aromatic heterocycles. The van der Waals surface area contributed by atoms with Crippen LogP contribution in [0.25, 0.3) is 22.0 Å². The minimum atomic E-state index is -1.13. The van der Waals surface area contributed by atoms with Crippen LogP contribution in [0.2, 0.25) is 0 Å². The third-order valence-electron chi connectivity index (χ3n) is 4.34. The molecule has 0 aliphatic carbocycles. The Hall–Kier alpha value is -3.84. The molecule has 0 aliphatic rings. The Balaban J connectivity index is 1.96. The second-order valence-electron chi connectivity index (χ2n) is 6.02. The van der Waals surface area contributed by atoms with Crippen LogP contribution in [0, 0.1) is 17.7 Å². The number of benzene rings is 3. The first-order valence-corrected chi connectivity index (χ1v) is 8.34. The molecule has 0 radical (unpaired) electrons. The summed E-state index contributed by atoms with van der Waals surface area (Å²) in [6.07, 6.45) is 1.65. The van der Waals surface area contributed by atoms with Crippen LogP contribution in [0.15, 0.2) is 72.9 Å². The lowest BCUT2D eigenvalue weighted by Gasteiger charge is -2.11. The number of carboxylic acids is 1. The lowest BCUT2D eigenvalue weighted by atomic mass is 9.93. The summed E-state index contributed by atoms with van der Waals surface area (Å²) in [5.41, 5.74) is 2.10. The van der Waals surface area contributed by atoms with Crippen LogP contribution in [0.1, 0.15) is 21.5 Å². The summed E-state index contributed by atoms with van der Waals surface area (Å²) in [4.78, 5) is 14.6. The Bertz CT molecular complexity index is 1210. The van der Waals surface area contributed by atoms with E-state index in [2.05, 4.69) is 16.8 Å². The van der Waals surface area contributed by atoms with Crippen LogP contribution in [-0.2, 0) is 0 Å². The maximum Gasteiger partial charge on any atom is 0.336 e. The quantitative estimate of drug-likeness (QED) is 0.493. The fourth-order valence-corrected chi connectivity index (χ4v) is 3.07. The van der Waals surface area contributed by atoms with Gasteiger partial charge in [0.1, 0.15) is 0 Å². The molecule has 0 fully saturated rings. The Morgan fingerprint density at radius 3 is 2.52 bits per heavy atom. The molecule has 0 aliphatic heterocycles. The number of carbonyl (C=O) groups is 1. The summed E-state index contributed by atoms with van der Waals surface area (Å²) < 4.78 is 15.1. The Kier molecular flexibility index (Phi) is 4.19. The van der Waals surface area contributed by atoms with Gasteiger partial charge in [-0.25, -0.2) is 9.18 Å². The Labute approximate surface area is 155 Å². The van der Waals surface area contributed by atoms with Crippen molar-refractivity contribution in [2.24, 2.45) is 0 Å². The van der Waals surface area contributed by atoms with Gasteiger partial charge in [0.05, 0.1) is 11.1 Å². The van der Waals surface area contributed by atoms with Gasteiger partial charge in [0.25, 0.3) is 0 Å². The van der Waals surface area contributed by atoms with Crippen molar-refractivity contribution < 1.29 is 14.3 Å². The van der Waals surface area contributed by atoms with Crippen LogP contribution in [0.4, 0.5) is 4.39 Å². The zero-order valence-electron chi connectivity index (χ0n) is 14.2. The summed E-state index contributed by atoms with van der Waals surface area (Å²) in [6.45, 7) is 0. The van der Waals surface area contributed by atoms with Crippen LogP contribution in [0.5, 0.6) is 0 Å². The predicted molar refractivity (Wildman–Crippen MR) is 103 cm³/mol. The third-order valence-corrected chi connectivity index (χ3v) is 4.34. The van der Waals surface area contributed by atoms with Crippen molar-refractivity contribution in [3.8, 4) is 23.0 Å². The molecule has 3 nitrogen and oxygen atoms in total. The Morgan fingerprint density at radius 2 is 1.74 bits per heavy atom. The monoisotopic (exact) mass is 355 g/mol. The minimum Gasteiger partial charge on any atom is -0.478 e. The molecule has 0 saturated heterocycles. The molecular weight excluding hydrogens is 341 g/mol. The van der Waals surface area contributed by atoms with Gasteiger partial charge in [-0.15, -0.1) is 0 Å². The van der Waals surface area contributed by atoms with Crippen molar-refractivity contribution in [1.29, 1.82) is 0 Å². The van der Waals surface area contributed by atoms with E-state index in [0.717, 1.165) is 10.9 Å². The van der Waals surface area contributed by atoms with E-state index in [0.29, 0.717) is 11.1 Å². The summed E-state index contributed by atoms with van der Waals surface area (Å²) in [7, 11) is 0. The van der Waals surface area contributed by atoms with Crippen LogP contribution in [-0.4, -0.2) is 16.1 Å². The number of H-pyrrole nitrogens is 1. The molecule has 0 saturated carbocycles. The fourth-order valence-electron chi connectivity index (χ4n) is 3.07. The van der Waals surface area contributed by atoms with E-state index in [9.17, 15) is 9.90 Å². The highest BCUT2D eigenvalue weighted by atomic mass is 19.1. The fraction of sp³-hybridized carbons (Fsp3) is 0. The highest BCUT2D eigenvalue weighted by Crippen LogP contribution is 2.33. The first kappa shape index (κ1) is 16.6. The number of carboxylic acid groups (broad SMARTS) is 1. The molecule has 4 aromatic rings. The first-order valence-electron chi connectivity index (χ1n) is 8.34. The van der Waals surface area contributed by atoms with Crippen molar-refractivity contribution in [3.63, 3.8) is 0 Å². The molecule has 4 rings (SSSR count). The number of aromatic carboxylic acids is 1. The van der Waals surface area contributed by atoms with Gasteiger partial charge in [-0.3, -0.25) is 0 Å². The molecule has 0 atom stereocenters. The number of nitrogens with one attached hydrogen (secondary N) is 1. The van der Waals surface area contributed by atoms with E-state index in [1.54, 1.807) is 36.5 Å². The SMILES string of the molecule is O=C(O)c1cccc(C#Cc2ccccc2)c1-c1ccc2cc[nH]c2c1F. The lowest BCUT2D eigenvalue weighted by molar-refractivity contribution is 0.0697. The van der Waals surface area contributed by atoms with Gasteiger partial charge in [0.2, 0.25) is 0 Å². The van der Waals surface area contributed by atoms with Gasteiger partial charge < -0.3 is 10.1 Å². The number of rotatable bonds is 2. The summed E-state index contributed by atoms with van der Waals surface area (Å²) in [6, 6.07) is 19.3. The molecule has 4 heteroatoms. The largest absolute Gasteiger partial charge is 0.478 e. The lowest BCUT2D eigenvalue weighted by Crippen LogP contribution is -2.03. The summed E-state index contributed by atoms with van der Waals surface area (Å²) in [5.74, 6) is 4.40. The normalized spacial score (nSPS) is 10.4. The summed E-state index contributed by atoms with van der Waals surface area (Å²) >= 11 is 0. The van der Waals surface area contributed by atoms with Crippen molar-refractivity contribution >= 4 is 16.9 Å². The van der Waals surface area contributed by atoms with E-state index >= 15 is 4.39 Å². The van der Waals surface area contributed by atoms with Crippen molar-refractivity contribution in [2.45, 2.75) is 0 Å². The van der Waals surface area contributed by atoms with Gasteiger partial charge >= 0.3 is 5.97 Å². The zero-order chi connectivity index (χ0) is 18.8. The van der Waals surface area contributed by atoms with Gasteiger partial charge in [0, 0.05) is 33.8 Å². The molecule has 0 spiro atoms. The second-order valence-corrected chi connectivity index (χ2v) is 6.02. The Morgan fingerprint density at radius 1 is 0.926 bits per heavy atom. The van der Waals surface area contributed by atoms with Crippen LogP contribution < -0.4 is 0 Å². The molecule has 0 bridgehead atoms. The molecule has 130 valence electrons. The molecule has 1 heterocycles. The van der Waals surface area contributed by atoms with Crippen LogP contribution in [0.3, 0.4) is 0 Å². The standard InChI is InChI=1S/C23H14FNO2/c24-21-18(12-11-17-13-14-25-22(17)21)20-16(7-4-8-19(20)23(26)27)10-9-15-5-2-1-3-6-15/h1-8,11-14,25H,(H,26,27). The van der Waals surface area contributed by atoms with Crippen molar-refractivity contribution in [2.75, 3.05) is 0 Å². The third kappa shape index (κ3) is 3.07. The smallest absolute Gasteiger partial charge is 0.336 e. The van der Waals surface area contributed by atoms with Crippen molar-refractivity contribution in [1.82, 2.24) is 4.98 Å². The topological polar surface area (TPSA) is 53.1 Å². The van der Waals surface area contributed by atoms with Gasteiger partial charge in [-0.1, -0.05) is 48.2 Å². The molecule has 3 aromatic carbocycles. The predicted octanol–water partition coefficient (Wildman–Crippen LogP) is 5.07. The van der Waals surface area contributed by atoms with Gasteiger partial charge in [0.15, 0.2) is 5.82 Å². The van der Waals surface area contributed by atoms with Crippen LogP contribution >= 0.6 is 0 Å². The molecule has 0 unspecified atom stereocenters. The average Bonchev–Trinajstić information content (AvgIpc) is 3.17. The molecular formula is C23H14FNO2. The first-order chi connectivity index (χ1) is 13.1. The average molecular weight is 355 g/mol. The maximum absolute atomic E-state index is 15.1. The van der Waals surface area contributed by atoms with E-state index in [-0.39, 0.29) is 16.7 Å². The number of aromatic amines is 1. The summed E-state index contributed by atoms with van der Waals surface area (Å²) in [5, 5.41) is 10.3. The number of hydrogen-bond acceptors (Lipinski definition) is 1. The molecule has 2 N–H and O–H groups in total. The van der Waals surface area contributed by atoms with E-state index in [4.69, 9.17) is 0 Å². The zero-order valence-corrected chi connectivity index (χ0v) is 14.2. The van der Waals surface area contributed by atoms with Crippen molar-refractivity contribution in [3.05, 3.63) is 95.4 Å². The minimum absolute atomic E-state index is 0.0136. The maximum atomic E-state index is 15.1. The molecule has 27 heavy (non-hydrogen) atoms. The second kappa shape index (κ2) is 6.81. The van der Waals surface area contributed by atoms with E-state index < -0.39 is 11.8 Å². The highest BCUT2D eigenvalue weighted by molar-refractivity contribution is 5.99. The van der Waals surface area contributed by atoms with E-state index in [1.165, 1.54) is 6.07 Å². The van der Waals surface area contributed by atoms with Gasteiger partial charge in [-0.2, -0.15) is 0 Å². The number of aromatic nitrogens is 1. The highest BCUT2D eigenvalue weighted by Gasteiger charge is 2.19. The number of hydrogen-bond donors (Lipinski definition) is 2. The number of halogens is 1. The number of fused-ring (bicyclic) bond motifs is 1. The molecule has 0 amide bonds. The van der Waals surface area contributed by atoms with Gasteiger partial charge in [-0.05, 0) is 30.3 Å².